The van der Waals surface area contributed by atoms with Crippen LogP contribution in [0.4, 0.5) is 0 Å². The molecule has 0 radical (unpaired) electrons. The zero-order chi connectivity index (χ0) is 16.7. The largest absolute Gasteiger partial charge is 0.420 e. The molecule has 1 aliphatic heterocycles. The molecule has 2 aromatic carbocycles. The van der Waals surface area contributed by atoms with Crippen molar-refractivity contribution in [2.24, 2.45) is 0 Å². The first-order valence-electron chi connectivity index (χ1n) is 7.53. The number of hydrogen-bond acceptors (Lipinski definition) is 4. The molecular formula is C18H14N2O4. The zero-order valence-corrected chi connectivity index (χ0v) is 12.6. The summed E-state index contributed by atoms with van der Waals surface area (Å²) in [6, 6.07) is 17.8. The molecule has 1 N–H and O–H groups in total. The van der Waals surface area contributed by atoms with E-state index in [0.717, 1.165) is 11.1 Å². The molecule has 4 rings (SSSR count). The van der Waals surface area contributed by atoms with Crippen molar-refractivity contribution in [1.82, 2.24) is 9.63 Å². The number of rotatable bonds is 3. The quantitative estimate of drug-likeness (QED) is 0.594. The Hall–Kier alpha value is -3.12. The summed E-state index contributed by atoms with van der Waals surface area (Å²) in [5.74, 6) is -0.718. The number of aromatic nitrogens is 1. The fourth-order valence-electron chi connectivity index (χ4n) is 2.90. The SMILES string of the molecule is O=C1C(n2c(-c3ccccc3)c(-c3ccccc3)oc2=O)CN1O. The van der Waals surface area contributed by atoms with Gasteiger partial charge in [-0.15, -0.1) is 0 Å². The van der Waals surface area contributed by atoms with Crippen LogP contribution >= 0.6 is 0 Å². The van der Waals surface area contributed by atoms with Crippen LogP contribution < -0.4 is 5.76 Å². The van der Waals surface area contributed by atoms with Gasteiger partial charge in [0.1, 0.15) is 6.04 Å². The van der Waals surface area contributed by atoms with Gasteiger partial charge in [0.05, 0.1) is 12.2 Å². The molecule has 2 heterocycles. The third kappa shape index (κ3) is 2.16. The number of nitrogens with zero attached hydrogens (tertiary/aromatic N) is 2. The lowest BCUT2D eigenvalue weighted by molar-refractivity contribution is -0.194. The molecule has 1 unspecified atom stereocenters. The molecule has 6 heteroatoms. The second-order valence-electron chi connectivity index (χ2n) is 5.58. The van der Waals surface area contributed by atoms with Crippen molar-refractivity contribution >= 4 is 5.91 Å². The van der Waals surface area contributed by atoms with E-state index in [1.54, 1.807) is 0 Å². The number of carbonyl (C=O) groups is 1. The van der Waals surface area contributed by atoms with Gasteiger partial charge >= 0.3 is 5.76 Å². The molecule has 0 spiro atoms. The number of oxazole rings is 1. The van der Waals surface area contributed by atoms with Gasteiger partial charge in [-0.25, -0.2) is 9.86 Å². The molecule has 0 aliphatic carbocycles. The van der Waals surface area contributed by atoms with E-state index < -0.39 is 17.7 Å². The second-order valence-corrected chi connectivity index (χ2v) is 5.58. The van der Waals surface area contributed by atoms with Crippen LogP contribution in [0.25, 0.3) is 22.6 Å². The lowest BCUT2D eigenvalue weighted by Crippen LogP contribution is -2.53. The lowest BCUT2D eigenvalue weighted by Gasteiger charge is -2.33. The van der Waals surface area contributed by atoms with Crippen molar-refractivity contribution in [3.05, 3.63) is 71.2 Å². The molecule has 120 valence electrons. The molecule has 1 aliphatic rings. The molecule has 1 fully saturated rings. The molecular weight excluding hydrogens is 308 g/mol. The van der Waals surface area contributed by atoms with E-state index in [1.165, 1.54) is 4.57 Å². The Labute approximate surface area is 137 Å². The van der Waals surface area contributed by atoms with Gasteiger partial charge in [-0.05, 0) is 0 Å². The van der Waals surface area contributed by atoms with E-state index in [-0.39, 0.29) is 6.54 Å². The summed E-state index contributed by atoms with van der Waals surface area (Å²) < 4.78 is 6.81. The average Bonchev–Trinajstić information content (AvgIpc) is 2.97. The van der Waals surface area contributed by atoms with Crippen LogP contribution in [-0.4, -0.2) is 27.3 Å². The van der Waals surface area contributed by atoms with Gasteiger partial charge in [0.25, 0.3) is 5.91 Å². The van der Waals surface area contributed by atoms with Gasteiger partial charge < -0.3 is 4.42 Å². The maximum Gasteiger partial charge on any atom is 0.420 e. The number of amides is 1. The predicted octanol–water partition coefficient (Wildman–Crippen LogP) is 2.55. The summed E-state index contributed by atoms with van der Waals surface area (Å²) in [5.41, 5.74) is 2.06. The number of carbonyl (C=O) groups excluding carboxylic acids is 1. The highest BCUT2D eigenvalue weighted by atomic mass is 16.5. The standard InChI is InChI=1S/C18H14N2O4/c21-17-14(11-19(17)23)20-15(12-7-3-1-4-8-12)16(24-18(20)22)13-9-5-2-6-10-13/h1-10,14,23H,11H2. The minimum atomic E-state index is -0.751. The number of benzene rings is 2. The van der Waals surface area contributed by atoms with E-state index in [1.807, 2.05) is 60.7 Å². The van der Waals surface area contributed by atoms with Crippen LogP contribution in [-0.2, 0) is 4.79 Å². The summed E-state index contributed by atoms with van der Waals surface area (Å²) in [7, 11) is 0. The van der Waals surface area contributed by atoms with Gasteiger partial charge in [-0.3, -0.25) is 14.6 Å². The Morgan fingerprint density at radius 1 is 0.917 bits per heavy atom. The first-order chi connectivity index (χ1) is 11.7. The average molecular weight is 322 g/mol. The highest BCUT2D eigenvalue weighted by molar-refractivity contribution is 5.87. The third-order valence-electron chi connectivity index (χ3n) is 4.12. The highest BCUT2D eigenvalue weighted by Gasteiger charge is 2.41. The topological polar surface area (TPSA) is 75.7 Å². The Morgan fingerprint density at radius 3 is 2.04 bits per heavy atom. The van der Waals surface area contributed by atoms with Crippen LogP contribution in [0.1, 0.15) is 6.04 Å². The van der Waals surface area contributed by atoms with Gasteiger partial charge in [0.2, 0.25) is 0 Å². The minimum Gasteiger partial charge on any atom is -0.407 e. The maximum atomic E-state index is 12.4. The fraction of sp³-hybridized carbons (Fsp3) is 0.111. The number of hydrogen-bond donors (Lipinski definition) is 1. The van der Waals surface area contributed by atoms with Crippen LogP contribution in [0.15, 0.2) is 69.9 Å². The van der Waals surface area contributed by atoms with E-state index in [2.05, 4.69) is 0 Å². The fourth-order valence-corrected chi connectivity index (χ4v) is 2.90. The van der Waals surface area contributed by atoms with E-state index in [9.17, 15) is 14.8 Å². The Kier molecular flexibility index (Phi) is 3.32. The number of β-lactam (4-membered cyclic amide) rings is 1. The van der Waals surface area contributed by atoms with Crippen LogP contribution in [0.2, 0.25) is 0 Å². The van der Waals surface area contributed by atoms with Gasteiger partial charge in [0, 0.05) is 11.1 Å². The summed E-state index contributed by atoms with van der Waals surface area (Å²) in [4.78, 5) is 24.4. The maximum absolute atomic E-state index is 12.4. The van der Waals surface area contributed by atoms with Crippen LogP contribution in [0, 0.1) is 0 Å². The van der Waals surface area contributed by atoms with Gasteiger partial charge in [-0.1, -0.05) is 60.7 Å². The molecule has 3 aromatic rings. The second kappa shape index (κ2) is 5.50. The highest BCUT2D eigenvalue weighted by Crippen LogP contribution is 2.35. The van der Waals surface area contributed by atoms with E-state index >= 15 is 0 Å². The first kappa shape index (κ1) is 14.5. The Balaban J connectivity index is 1.96. The summed E-state index contributed by atoms with van der Waals surface area (Å²) in [6.45, 7) is 0.0618. The van der Waals surface area contributed by atoms with Crippen molar-refractivity contribution < 1.29 is 14.4 Å². The van der Waals surface area contributed by atoms with Crippen molar-refractivity contribution in [2.45, 2.75) is 6.04 Å². The Bertz CT molecular complexity index is 944. The minimum absolute atomic E-state index is 0.0618. The first-order valence-corrected chi connectivity index (χ1v) is 7.53. The molecule has 1 amide bonds. The molecule has 0 bridgehead atoms. The molecule has 1 aromatic heterocycles. The molecule has 24 heavy (non-hydrogen) atoms. The molecule has 1 atom stereocenters. The summed E-state index contributed by atoms with van der Waals surface area (Å²) in [6.07, 6.45) is 0. The molecule has 0 saturated carbocycles. The van der Waals surface area contributed by atoms with Crippen molar-refractivity contribution in [1.29, 1.82) is 0 Å². The normalized spacial score (nSPS) is 17.0. The monoisotopic (exact) mass is 322 g/mol. The van der Waals surface area contributed by atoms with E-state index in [0.29, 0.717) is 16.5 Å². The van der Waals surface area contributed by atoms with E-state index in [4.69, 9.17) is 4.42 Å². The van der Waals surface area contributed by atoms with Crippen LogP contribution in [0.5, 0.6) is 0 Å². The summed E-state index contributed by atoms with van der Waals surface area (Å²) >= 11 is 0. The molecule has 1 saturated heterocycles. The number of hydroxylamine groups is 2. The van der Waals surface area contributed by atoms with Gasteiger partial charge in [-0.2, -0.15) is 0 Å². The van der Waals surface area contributed by atoms with Crippen molar-refractivity contribution in [3.8, 4) is 22.6 Å². The van der Waals surface area contributed by atoms with Gasteiger partial charge in [0.15, 0.2) is 5.76 Å². The zero-order valence-electron chi connectivity index (χ0n) is 12.6. The molecule has 6 nitrogen and oxygen atoms in total. The van der Waals surface area contributed by atoms with Crippen molar-refractivity contribution in [2.75, 3.05) is 6.54 Å². The third-order valence-corrected chi connectivity index (χ3v) is 4.12. The smallest absolute Gasteiger partial charge is 0.407 e. The Morgan fingerprint density at radius 2 is 1.50 bits per heavy atom. The predicted molar refractivity (Wildman–Crippen MR) is 86.4 cm³/mol. The van der Waals surface area contributed by atoms with Crippen LogP contribution in [0.3, 0.4) is 0 Å². The lowest BCUT2D eigenvalue weighted by atomic mass is 10.0. The summed E-state index contributed by atoms with van der Waals surface area (Å²) in [5, 5.41) is 9.96. The van der Waals surface area contributed by atoms with Crippen molar-refractivity contribution in [3.63, 3.8) is 0 Å².